The molecule has 3 nitrogen and oxygen atoms in total. The number of hydrogen-bond acceptors (Lipinski definition) is 2. The lowest BCUT2D eigenvalue weighted by atomic mass is 9.68. The molecule has 0 amide bonds. The Kier molecular flexibility index (Phi) is 13.0. The first-order valence-corrected chi connectivity index (χ1v) is 31.4. The van der Waals surface area contributed by atoms with E-state index >= 15 is 0 Å². The number of para-hydroxylation sites is 2. The molecule has 1 aromatic heterocycles. The molecule has 3 heteroatoms. The molecule has 0 spiro atoms. The normalized spacial score (nSPS) is 16.6. The molecule has 15 rings (SSSR count). The summed E-state index contributed by atoms with van der Waals surface area (Å²) in [6, 6.07) is 69.8. The van der Waals surface area contributed by atoms with Gasteiger partial charge in [-0.2, -0.15) is 0 Å². The van der Waals surface area contributed by atoms with E-state index < -0.39 is 0 Å². The molecule has 0 unspecified atom stereocenters. The Morgan fingerprint density at radius 1 is 0.453 bits per heavy atom. The van der Waals surface area contributed by atoms with Crippen molar-refractivity contribution in [2.75, 3.05) is 9.80 Å². The van der Waals surface area contributed by atoms with Crippen molar-refractivity contribution in [3.63, 3.8) is 0 Å². The second-order valence-electron chi connectivity index (χ2n) is 26.5. The third-order valence-corrected chi connectivity index (χ3v) is 20.2. The summed E-state index contributed by atoms with van der Waals surface area (Å²) in [6.45, 7) is 27.7. The first-order chi connectivity index (χ1) is 41.5. The number of rotatable bonds is 10. The summed E-state index contributed by atoms with van der Waals surface area (Å²) < 4.78 is 2.65. The standard InChI is InChI=1S/C78H69N3.C5H10/c1-11-21-52(12-2)79(57-38-40-60-58-24-16-18-26-64(58)76(5,6)69(60)47-57)54-34-30-48(31-35-54)50-42-62-63-43-51(45-71-73(63)81-72(62)70(44-50)77(7,8)67-28-20-29-68(74(67)81)78(71,9)10)49-32-36-55(37-33-49)80(53-22-14-13-15-23-53)56-39-41-66-61(46-56)59-25-17-19-27-65(59)75(66,3)4;1-3-5-4-2/h11-18,20-26,28-47H,19,27H2,1-10H3;3,5H,4H2,1-2H3/b21-11-,52-12+;5-3-. The van der Waals surface area contributed by atoms with Gasteiger partial charge in [0.15, 0.2) is 0 Å². The Bertz CT molecular complexity index is 4560. The second-order valence-corrected chi connectivity index (χ2v) is 26.5. The van der Waals surface area contributed by atoms with E-state index in [4.69, 9.17) is 0 Å². The molecule has 0 N–H and O–H groups in total. The van der Waals surface area contributed by atoms with Crippen LogP contribution in [0.4, 0.5) is 28.4 Å². The highest BCUT2D eigenvalue weighted by Crippen LogP contribution is 2.58. The van der Waals surface area contributed by atoms with E-state index in [2.05, 4.69) is 315 Å². The van der Waals surface area contributed by atoms with Crippen molar-refractivity contribution < 1.29 is 0 Å². The average Bonchev–Trinajstić information content (AvgIpc) is 1.44. The molecule has 0 saturated heterocycles. The van der Waals surface area contributed by atoms with Gasteiger partial charge in [-0.05, 0) is 215 Å². The van der Waals surface area contributed by atoms with E-state index in [1.54, 1.807) is 5.57 Å². The number of fused-ring (bicyclic) bond motifs is 6. The molecule has 9 aromatic carbocycles. The zero-order valence-electron chi connectivity index (χ0n) is 52.3. The summed E-state index contributed by atoms with van der Waals surface area (Å²) in [7, 11) is 0. The zero-order valence-corrected chi connectivity index (χ0v) is 52.3. The monoisotopic (exact) mass is 1120 g/mol. The van der Waals surface area contributed by atoms with Gasteiger partial charge in [-0.1, -0.05) is 201 Å². The van der Waals surface area contributed by atoms with Crippen molar-refractivity contribution in [2.24, 2.45) is 0 Å². The molecule has 0 fully saturated rings. The minimum atomic E-state index is -0.243. The van der Waals surface area contributed by atoms with Crippen molar-refractivity contribution in [2.45, 2.75) is 124 Å². The Morgan fingerprint density at radius 3 is 1.60 bits per heavy atom. The third kappa shape index (κ3) is 8.21. The predicted octanol–water partition coefficient (Wildman–Crippen LogP) is 23.2. The van der Waals surface area contributed by atoms with Gasteiger partial charge in [0.05, 0.1) is 16.7 Å². The number of allylic oxidation sites excluding steroid dienone is 9. The molecule has 0 bridgehead atoms. The summed E-state index contributed by atoms with van der Waals surface area (Å²) in [5.41, 5.74) is 32.0. The topological polar surface area (TPSA) is 11.4 Å². The fourth-order valence-corrected chi connectivity index (χ4v) is 15.6. The van der Waals surface area contributed by atoms with Gasteiger partial charge in [-0.25, -0.2) is 0 Å². The molecule has 3 aliphatic carbocycles. The van der Waals surface area contributed by atoms with E-state index in [-0.39, 0.29) is 21.7 Å². The number of hydrogen-bond donors (Lipinski definition) is 0. The van der Waals surface area contributed by atoms with Gasteiger partial charge in [0.2, 0.25) is 0 Å². The third-order valence-electron chi connectivity index (χ3n) is 20.2. The van der Waals surface area contributed by atoms with Crippen molar-refractivity contribution >= 4 is 55.8 Å². The first kappa shape index (κ1) is 55.0. The van der Waals surface area contributed by atoms with E-state index in [9.17, 15) is 0 Å². The van der Waals surface area contributed by atoms with Gasteiger partial charge in [0.25, 0.3) is 0 Å². The van der Waals surface area contributed by atoms with Crippen molar-refractivity contribution in [3.05, 3.63) is 280 Å². The molecule has 0 saturated carbocycles. The molecular formula is C83H79N3. The second kappa shape index (κ2) is 20.4. The van der Waals surface area contributed by atoms with Crippen LogP contribution in [0.1, 0.15) is 147 Å². The van der Waals surface area contributed by atoms with Gasteiger partial charge >= 0.3 is 0 Å². The summed E-state index contributed by atoms with van der Waals surface area (Å²) in [6.07, 6.45) is 18.9. The van der Waals surface area contributed by atoms with Gasteiger partial charge in [-0.3, -0.25) is 0 Å². The maximum atomic E-state index is 2.65. The summed E-state index contributed by atoms with van der Waals surface area (Å²) in [4.78, 5) is 4.85. The quantitative estimate of drug-likeness (QED) is 0.0999. The summed E-state index contributed by atoms with van der Waals surface area (Å²) in [5, 5.41) is 2.61. The van der Waals surface area contributed by atoms with E-state index in [0.29, 0.717) is 0 Å². The average molecular weight is 1120 g/mol. The fraction of sp³-hybridized carbons (Fsp3) is 0.229. The van der Waals surface area contributed by atoms with Crippen LogP contribution in [0.3, 0.4) is 0 Å². The maximum Gasteiger partial charge on any atom is 0.0582 e. The molecular weight excluding hydrogens is 1040 g/mol. The van der Waals surface area contributed by atoms with Gasteiger partial charge in [0, 0.05) is 66.6 Å². The molecule has 3 heterocycles. The van der Waals surface area contributed by atoms with Gasteiger partial charge in [-0.15, -0.1) is 0 Å². The zero-order chi connectivity index (χ0) is 59.6. The maximum absolute atomic E-state index is 2.65. The van der Waals surface area contributed by atoms with Crippen LogP contribution in [0.15, 0.2) is 236 Å². The van der Waals surface area contributed by atoms with E-state index in [1.807, 2.05) is 6.92 Å². The minimum absolute atomic E-state index is 0.0309. The minimum Gasteiger partial charge on any atom is -0.311 e. The lowest BCUT2D eigenvalue weighted by Gasteiger charge is -2.42. The Morgan fingerprint density at radius 2 is 1.00 bits per heavy atom. The number of benzene rings is 9. The summed E-state index contributed by atoms with van der Waals surface area (Å²) >= 11 is 0. The highest BCUT2D eigenvalue weighted by atomic mass is 15.2. The smallest absolute Gasteiger partial charge is 0.0582 e. The van der Waals surface area contributed by atoms with Crippen LogP contribution in [0.5, 0.6) is 0 Å². The number of aromatic nitrogens is 1. The SMILES string of the molecule is C/C=C\C(=C/C)N(c1ccc(-c2cc3c4c(c2)c2cc(-c5ccc(N(c6ccccc6)c6ccc7c(c6)C6=C(CCC=C6)C7(C)C)cc5)cc5c2n4-c2c(cccc2C5(C)C)C3(C)C)cc1)c1ccc2c(c1)C(C)(C)c1ccccc1-2.C/C=C\CC. The van der Waals surface area contributed by atoms with Crippen LogP contribution < -0.4 is 9.80 Å². The molecule has 0 atom stereocenters. The Labute approximate surface area is 510 Å². The lowest BCUT2D eigenvalue weighted by Crippen LogP contribution is -2.33. The molecule has 86 heavy (non-hydrogen) atoms. The molecule has 5 aliphatic rings. The van der Waals surface area contributed by atoms with E-state index in [0.717, 1.165) is 47.7 Å². The molecule has 2 aliphatic heterocycles. The molecule has 426 valence electrons. The highest BCUT2D eigenvalue weighted by Gasteiger charge is 2.44. The first-order valence-electron chi connectivity index (χ1n) is 31.4. The van der Waals surface area contributed by atoms with Crippen LogP contribution in [0.25, 0.3) is 66.4 Å². The van der Waals surface area contributed by atoms with Crippen molar-refractivity contribution in [1.82, 2.24) is 4.57 Å². The lowest BCUT2D eigenvalue weighted by molar-refractivity contribution is 0.594. The van der Waals surface area contributed by atoms with Crippen LogP contribution in [-0.4, -0.2) is 4.57 Å². The van der Waals surface area contributed by atoms with Crippen LogP contribution in [0, 0.1) is 0 Å². The van der Waals surface area contributed by atoms with E-state index in [1.165, 1.54) is 117 Å². The Hall–Kier alpha value is -8.92. The van der Waals surface area contributed by atoms with Crippen molar-refractivity contribution in [1.29, 1.82) is 0 Å². The number of nitrogens with zero attached hydrogens (tertiary/aromatic N) is 3. The highest BCUT2D eigenvalue weighted by molar-refractivity contribution is 6.16. The van der Waals surface area contributed by atoms with Crippen LogP contribution in [0.2, 0.25) is 0 Å². The number of anilines is 5. The largest absolute Gasteiger partial charge is 0.311 e. The predicted molar refractivity (Wildman–Crippen MR) is 369 cm³/mol. The molecule has 0 radical (unpaired) electrons. The Balaban J connectivity index is 0.00000126. The van der Waals surface area contributed by atoms with Gasteiger partial charge < -0.3 is 14.4 Å². The van der Waals surface area contributed by atoms with Gasteiger partial charge in [0.1, 0.15) is 0 Å². The molecule has 10 aromatic rings. The summed E-state index contributed by atoms with van der Waals surface area (Å²) in [5.74, 6) is 0. The fourth-order valence-electron chi connectivity index (χ4n) is 15.6. The van der Waals surface area contributed by atoms with Crippen LogP contribution in [-0.2, 0) is 21.7 Å². The van der Waals surface area contributed by atoms with Crippen molar-refractivity contribution in [3.8, 4) is 39.1 Å². The van der Waals surface area contributed by atoms with Crippen LogP contribution >= 0.6 is 0 Å².